The molecule has 0 aromatic heterocycles. The highest BCUT2D eigenvalue weighted by Gasteiger charge is 2.33. The number of aliphatic hydroxyl groups is 1. The smallest absolute Gasteiger partial charge is 0.320 e. The van der Waals surface area contributed by atoms with Crippen molar-refractivity contribution in [3.63, 3.8) is 0 Å². The highest BCUT2D eigenvalue weighted by molar-refractivity contribution is 5.94. The average molecular weight is 1100 g/mol. The van der Waals surface area contributed by atoms with Crippen LogP contribution in [0.5, 0.6) is 0 Å². The van der Waals surface area contributed by atoms with Crippen LogP contribution in [0.3, 0.4) is 0 Å². The van der Waals surface area contributed by atoms with E-state index in [1.807, 2.05) is 14.2 Å². The predicted octanol–water partition coefficient (Wildman–Crippen LogP) is 16.4. The van der Waals surface area contributed by atoms with Crippen LogP contribution < -0.4 is 0 Å². The van der Waals surface area contributed by atoms with E-state index >= 15 is 0 Å². The van der Waals surface area contributed by atoms with E-state index in [9.17, 15) is 24.3 Å². The number of carbonyl (C=O) groups is 4. The molecule has 0 spiro atoms. The van der Waals surface area contributed by atoms with Crippen molar-refractivity contribution < 1.29 is 43.2 Å². The maximum atomic E-state index is 13.4. The number of methoxy groups -OCH3 is 2. The topological polar surface area (TPSA) is 129 Å². The van der Waals surface area contributed by atoms with Gasteiger partial charge in [0.15, 0.2) is 5.92 Å². The lowest BCUT2D eigenvalue weighted by atomic mass is 9.80. The Labute approximate surface area is 481 Å². The molecule has 0 heterocycles. The highest BCUT2D eigenvalue weighted by atomic mass is 16.6. The van der Waals surface area contributed by atoms with Crippen molar-refractivity contribution in [1.82, 2.24) is 4.90 Å². The van der Waals surface area contributed by atoms with Crippen LogP contribution in [-0.2, 0) is 38.1 Å². The van der Waals surface area contributed by atoms with Crippen molar-refractivity contribution in [3.05, 3.63) is 0 Å². The van der Waals surface area contributed by atoms with Gasteiger partial charge in [-0.15, -0.1) is 0 Å². The van der Waals surface area contributed by atoms with Crippen LogP contribution in [0.4, 0.5) is 0 Å². The van der Waals surface area contributed by atoms with Crippen LogP contribution >= 0.6 is 0 Å². The van der Waals surface area contributed by atoms with Gasteiger partial charge in [-0.2, -0.15) is 0 Å². The fourth-order valence-corrected chi connectivity index (χ4v) is 13.1. The van der Waals surface area contributed by atoms with E-state index in [-0.39, 0.29) is 6.61 Å². The van der Waals surface area contributed by atoms with E-state index in [4.69, 9.17) is 18.9 Å². The fraction of sp³-hybridized carbons (Fsp3) is 0.941. The summed E-state index contributed by atoms with van der Waals surface area (Å²) in [7, 11) is 3.66. The zero-order valence-corrected chi connectivity index (χ0v) is 52.7. The number of nitrogens with zero attached hydrogens (tertiary/aromatic N) is 1. The Morgan fingerprint density at radius 1 is 0.410 bits per heavy atom. The van der Waals surface area contributed by atoms with Gasteiger partial charge < -0.3 is 38.5 Å². The standard InChI is InChI=1S/C40H71NO7.2C14H28O/c1-31(2)9-5-11-33-15-19-35(20-16-33)29-47-39(45)38(14-8-24-41(25-26-42)23-7-13-37(27-43)28-44)40(46)48-30-36-21-17-34(18-22-36)12-6-10-32(3)4;2*1-12(2)5-4-6-13-7-9-14(10-8-13)11-15-3/h27-28,31-38,42H,5-26,29-30H2,1-4H3;2*12-14H,4-11H2,1-3H3. The molecule has 4 rings (SSSR count). The molecule has 4 aliphatic rings. The first-order valence-electron chi connectivity index (χ1n) is 33.1. The summed E-state index contributed by atoms with van der Waals surface area (Å²) in [6, 6.07) is 0. The van der Waals surface area contributed by atoms with Gasteiger partial charge in [0.1, 0.15) is 12.6 Å². The van der Waals surface area contributed by atoms with E-state index in [1.54, 1.807) is 0 Å². The SMILES string of the molecule is CC(C)CCCC1CCC(COC(=O)C(CCCN(CCO)CCCC(C=O)C=O)C(=O)OCC2CCC(CCCC(C)C)CC2)CC1.COCC1CCC(CCCC(C)C)CC1.COCC1CCC(CCCC(C)C)CC1. The lowest BCUT2D eigenvalue weighted by Crippen LogP contribution is -2.33. The molecular weight excluding hydrogens is 975 g/mol. The quantitative estimate of drug-likeness (QED) is 0.0362. The van der Waals surface area contributed by atoms with Crippen molar-refractivity contribution in [1.29, 1.82) is 0 Å². The van der Waals surface area contributed by atoms with E-state index in [0.29, 0.717) is 82.9 Å². The largest absolute Gasteiger partial charge is 0.465 e. The molecule has 458 valence electrons. The third-order valence-electron chi connectivity index (χ3n) is 18.5. The molecule has 0 aromatic rings. The fourth-order valence-electron chi connectivity index (χ4n) is 13.1. The Balaban J connectivity index is 0.000000556. The molecule has 0 aliphatic heterocycles. The highest BCUT2D eigenvalue weighted by Crippen LogP contribution is 2.36. The van der Waals surface area contributed by atoms with Crippen LogP contribution in [-0.4, -0.2) is 101 Å². The Hall–Kier alpha value is -1.88. The van der Waals surface area contributed by atoms with Crippen molar-refractivity contribution in [2.75, 3.05) is 66.9 Å². The van der Waals surface area contributed by atoms with E-state index in [0.717, 1.165) is 98.1 Å². The summed E-state index contributed by atoms with van der Waals surface area (Å²) < 4.78 is 22.1. The van der Waals surface area contributed by atoms with Gasteiger partial charge in [-0.3, -0.25) is 9.59 Å². The lowest BCUT2D eigenvalue weighted by Gasteiger charge is -2.29. The predicted molar refractivity (Wildman–Crippen MR) is 323 cm³/mol. The molecule has 0 atom stereocenters. The van der Waals surface area contributed by atoms with E-state index < -0.39 is 23.8 Å². The van der Waals surface area contributed by atoms with Crippen molar-refractivity contribution >= 4 is 24.5 Å². The molecular formula is C68H127NO9. The molecule has 1 N–H and O–H groups in total. The molecule has 4 fully saturated rings. The first-order valence-corrected chi connectivity index (χ1v) is 33.1. The normalized spacial score (nSPS) is 24.2. The number of hydrogen-bond acceptors (Lipinski definition) is 10. The van der Waals surface area contributed by atoms with Gasteiger partial charge in [0, 0.05) is 34.0 Å². The number of aliphatic hydroxyl groups excluding tert-OH is 1. The van der Waals surface area contributed by atoms with Gasteiger partial charge in [0.2, 0.25) is 0 Å². The lowest BCUT2D eigenvalue weighted by molar-refractivity contribution is -0.164. The summed E-state index contributed by atoms with van der Waals surface area (Å²) in [5.41, 5.74) is 0. The summed E-state index contributed by atoms with van der Waals surface area (Å²) >= 11 is 0. The summed E-state index contributed by atoms with van der Waals surface area (Å²) in [4.78, 5) is 50.9. The first-order chi connectivity index (χ1) is 37.6. The van der Waals surface area contributed by atoms with Gasteiger partial charge in [0.25, 0.3) is 0 Å². The third kappa shape index (κ3) is 35.9. The molecule has 0 saturated heterocycles. The second-order valence-corrected chi connectivity index (χ2v) is 27.4. The van der Waals surface area contributed by atoms with Gasteiger partial charge in [-0.25, -0.2) is 0 Å². The zero-order chi connectivity index (χ0) is 57.3. The molecule has 0 aromatic carbocycles. The molecule has 4 saturated carbocycles. The minimum absolute atomic E-state index is 0.0156. The van der Waals surface area contributed by atoms with Gasteiger partial charge in [0.05, 0.1) is 25.7 Å². The molecule has 0 unspecified atom stereocenters. The molecule has 4 aliphatic carbocycles. The molecule has 0 bridgehead atoms. The molecule has 78 heavy (non-hydrogen) atoms. The Morgan fingerprint density at radius 2 is 0.692 bits per heavy atom. The minimum Gasteiger partial charge on any atom is -0.465 e. The maximum absolute atomic E-state index is 13.4. The maximum Gasteiger partial charge on any atom is 0.320 e. The number of ether oxygens (including phenoxy) is 4. The van der Waals surface area contributed by atoms with Crippen LogP contribution in [0.2, 0.25) is 0 Å². The first kappa shape index (κ1) is 72.2. The third-order valence-corrected chi connectivity index (χ3v) is 18.5. The number of aldehydes is 2. The second kappa shape index (κ2) is 45.6. The number of esters is 2. The number of rotatable bonds is 38. The van der Waals surface area contributed by atoms with Gasteiger partial charge >= 0.3 is 11.9 Å². The number of hydrogen-bond donors (Lipinski definition) is 1. The Kier molecular flexibility index (Phi) is 42.2. The van der Waals surface area contributed by atoms with Crippen molar-refractivity contribution in [2.45, 2.75) is 261 Å². The second-order valence-electron chi connectivity index (χ2n) is 27.4. The van der Waals surface area contributed by atoms with Crippen molar-refractivity contribution in [2.24, 2.45) is 82.9 Å². The molecule has 0 radical (unpaired) electrons. The van der Waals surface area contributed by atoms with Crippen LogP contribution in [0.1, 0.15) is 261 Å². The van der Waals surface area contributed by atoms with Gasteiger partial charge in [-0.05, 0) is 161 Å². The van der Waals surface area contributed by atoms with Crippen LogP contribution in [0, 0.1) is 82.9 Å². The van der Waals surface area contributed by atoms with E-state index in [1.165, 1.54) is 154 Å². The summed E-state index contributed by atoms with van der Waals surface area (Å²) in [6.45, 7) is 22.8. The molecule has 10 nitrogen and oxygen atoms in total. The van der Waals surface area contributed by atoms with Crippen LogP contribution in [0.15, 0.2) is 0 Å². The monoisotopic (exact) mass is 1100 g/mol. The Morgan fingerprint density at radius 3 is 0.962 bits per heavy atom. The Bertz CT molecular complexity index is 1340. The average Bonchev–Trinajstić information content (AvgIpc) is 3.41. The van der Waals surface area contributed by atoms with Crippen molar-refractivity contribution in [3.8, 4) is 0 Å². The molecule has 0 amide bonds. The minimum atomic E-state index is -0.949. The molecule has 10 heteroatoms. The zero-order valence-electron chi connectivity index (χ0n) is 52.7. The van der Waals surface area contributed by atoms with Gasteiger partial charge in [-0.1, -0.05) is 184 Å². The summed E-state index contributed by atoms with van der Waals surface area (Å²) in [5, 5.41) is 9.57. The summed E-state index contributed by atoms with van der Waals surface area (Å²) in [6.07, 6.45) is 40.2. The van der Waals surface area contributed by atoms with E-state index in [2.05, 4.69) is 60.3 Å². The summed E-state index contributed by atoms with van der Waals surface area (Å²) in [5.74, 6) is 6.80. The van der Waals surface area contributed by atoms with Crippen LogP contribution in [0.25, 0.3) is 0 Å². The number of carbonyl (C=O) groups excluding carboxylic acids is 4.